The van der Waals surface area contributed by atoms with Gasteiger partial charge in [-0.25, -0.2) is 4.98 Å². The van der Waals surface area contributed by atoms with Crippen LogP contribution in [0.4, 0.5) is 0 Å². The molecule has 4 aliphatic carbocycles. The van der Waals surface area contributed by atoms with E-state index in [9.17, 15) is 9.90 Å². The Morgan fingerprint density at radius 3 is 2.59 bits per heavy atom. The van der Waals surface area contributed by atoms with Crippen molar-refractivity contribution < 1.29 is 9.90 Å². The van der Waals surface area contributed by atoms with Gasteiger partial charge in [0, 0.05) is 13.0 Å². The summed E-state index contributed by atoms with van der Waals surface area (Å²) in [6, 6.07) is 8.09. The number of benzene rings is 1. The molecule has 0 bridgehead atoms. The highest BCUT2D eigenvalue weighted by molar-refractivity contribution is 5.98. The first-order chi connectivity index (χ1) is 15.3. The van der Waals surface area contributed by atoms with E-state index in [1.807, 2.05) is 36.7 Å². The van der Waals surface area contributed by atoms with Crippen molar-refractivity contribution in [2.45, 2.75) is 77.2 Å². The molecule has 4 nitrogen and oxygen atoms in total. The summed E-state index contributed by atoms with van der Waals surface area (Å²) in [6.45, 7) is 4.48. The number of imidazole rings is 1. The van der Waals surface area contributed by atoms with Crippen LogP contribution in [-0.4, -0.2) is 26.0 Å². The number of rotatable bonds is 2. The molecule has 4 saturated carbocycles. The average Bonchev–Trinajstić information content (AvgIpc) is 3.29. The molecule has 0 aliphatic heterocycles. The summed E-state index contributed by atoms with van der Waals surface area (Å²) in [5.74, 6) is 4.80. The molecule has 2 aromatic rings. The molecular weight excluding hydrogens is 396 g/mol. The third-order valence-electron chi connectivity index (χ3n) is 10.6. The van der Waals surface area contributed by atoms with Gasteiger partial charge in [-0.1, -0.05) is 19.1 Å². The molecule has 0 spiro atoms. The van der Waals surface area contributed by atoms with Crippen LogP contribution in [-0.2, 0) is 7.05 Å². The summed E-state index contributed by atoms with van der Waals surface area (Å²) in [6.07, 6.45) is 10.4. The minimum atomic E-state index is -0.451. The first-order valence-electron chi connectivity index (χ1n) is 13.0. The van der Waals surface area contributed by atoms with Crippen molar-refractivity contribution >= 4 is 16.8 Å². The number of hydrogen-bond donors (Lipinski definition) is 1. The topological polar surface area (TPSA) is 55.1 Å². The highest BCUT2D eigenvalue weighted by atomic mass is 16.3. The molecule has 0 amide bonds. The van der Waals surface area contributed by atoms with E-state index in [1.165, 1.54) is 38.5 Å². The van der Waals surface area contributed by atoms with Crippen LogP contribution in [0.15, 0.2) is 24.3 Å². The second-order valence-corrected chi connectivity index (χ2v) is 12.2. The zero-order chi connectivity index (χ0) is 22.3. The standard InChI is InChI=1S/C28H38N2O2/c1-27(32)14-12-18-17(16-27)8-9-20-19(18)13-15-28(2)21(20)10-11-22(28)25(31)26-29-23-6-4-5-7-24(23)30(26)3/h4-7,17-22,32H,8-16H2,1-3H3/t17-,18+,19?,20-,21+,22-,27-,28+/m1/s1. The van der Waals surface area contributed by atoms with E-state index in [0.29, 0.717) is 17.7 Å². The van der Waals surface area contributed by atoms with Gasteiger partial charge in [-0.3, -0.25) is 4.79 Å². The summed E-state index contributed by atoms with van der Waals surface area (Å²) in [4.78, 5) is 18.6. The van der Waals surface area contributed by atoms with Gasteiger partial charge in [0.1, 0.15) is 0 Å². The van der Waals surface area contributed by atoms with Crippen LogP contribution in [0.5, 0.6) is 0 Å². The molecule has 4 fully saturated rings. The molecule has 32 heavy (non-hydrogen) atoms. The summed E-state index contributed by atoms with van der Waals surface area (Å²) in [7, 11) is 1.99. The smallest absolute Gasteiger partial charge is 0.201 e. The van der Waals surface area contributed by atoms with Crippen LogP contribution in [0.3, 0.4) is 0 Å². The lowest BCUT2D eigenvalue weighted by molar-refractivity contribution is -0.0976. The number of para-hydroxylation sites is 2. The summed E-state index contributed by atoms with van der Waals surface area (Å²) in [5.41, 5.74) is 1.64. The molecule has 172 valence electrons. The van der Waals surface area contributed by atoms with Gasteiger partial charge in [0.05, 0.1) is 16.6 Å². The minimum absolute atomic E-state index is 0.105. The Bertz CT molecular complexity index is 1050. The van der Waals surface area contributed by atoms with Crippen LogP contribution in [0.25, 0.3) is 11.0 Å². The third-order valence-corrected chi connectivity index (χ3v) is 10.6. The zero-order valence-corrected chi connectivity index (χ0v) is 19.9. The number of aromatic nitrogens is 2. The molecule has 1 N–H and O–H groups in total. The number of nitrogens with zero attached hydrogens (tertiary/aromatic N) is 2. The Kier molecular flexibility index (Phi) is 4.67. The van der Waals surface area contributed by atoms with Gasteiger partial charge >= 0.3 is 0 Å². The number of hydrogen-bond acceptors (Lipinski definition) is 3. The van der Waals surface area contributed by atoms with E-state index < -0.39 is 5.60 Å². The van der Waals surface area contributed by atoms with Gasteiger partial charge in [0.25, 0.3) is 0 Å². The highest BCUT2D eigenvalue weighted by Gasteiger charge is 2.59. The fourth-order valence-electron chi connectivity index (χ4n) is 9.03. The van der Waals surface area contributed by atoms with Gasteiger partial charge in [-0.05, 0) is 112 Å². The molecule has 0 saturated heterocycles. The normalized spacial score (nSPS) is 43.5. The van der Waals surface area contributed by atoms with Gasteiger partial charge in [0.2, 0.25) is 5.78 Å². The predicted molar refractivity (Wildman–Crippen MR) is 126 cm³/mol. The van der Waals surface area contributed by atoms with E-state index in [0.717, 1.165) is 48.0 Å². The van der Waals surface area contributed by atoms with E-state index in [2.05, 4.69) is 13.0 Å². The van der Waals surface area contributed by atoms with Crippen molar-refractivity contribution in [3.63, 3.8) is 0 Å². The van der Waals surface area contributed by atoms with Gasteiger partial charge in [-0.2, -0.15) is 0 Å². The number of ketones is 1. The average molecular weight is 435 g/mol. The molecular formula is C28H38N2O2. The maximum absolute atomic E-state index is 13.8. The quantitative estimate of drug-likeness (QED) is 0.610. The molecule has 8 atom stereocenters. The van der Waals surface area contributed by atoms with Crippen molar-refractivity contribution in [2.75, 3.05) is 0 Å². The fraction of sp³-hybridized carbons (Fsp3) is 0.714. The summed E-state index contributed by atoms with van der Waals surface area (Å²) < 4.78 is 2.01. The van der Waals surface area contributed by atoms with Gasteiger partial charge in [-0.15, -0.1) is 0 Å². The molecule has 1 unspecified atom stereocenters. The number of fused-ring (bicyclic) bond motifs is 6. The van der Waals surface area contributed by atoms with Crippen LogP contribution >= 0.6 is 0 Å². The Balaban J connectivity index is 1.26. The molecule has 4 heteroatoms. The van der Waals surface area contributed by atoms with E-state index in [1.54, 1.807) is 0 Å². The minimum Gasteiger partial charge on any atom is -0.390 e. The Morgan fingerprint density at radius 1 is 1.00 bits per heavy atom. The van der Waals surface area contributed by atoms with E-state index >= 15 is 0 Å². The monoisotopic (exact) mass is 434 g/mol. The van der Waals surface area contributed by atoms with Crippen LogP contribution in [0.1, 0.15) is 82.3 Å². The second-order valence-electron chi connectivity index (χ2n) is 12.2. The lowest BCUT2D eigenvalue weighted by atomic mass is 9.49. The van der Waals surface area contributed by atoms with Crippen molar-refractivity contribution in [2.24, 2.45) is 48.0 Å². The Morgan fingerprint density at radius 2 is 1.78 bits per heavy atom. The lowest BCUT2D eigenvalue weighted by Gasteiger charge is -2.56. The number of aliphatic hydroxyl groups is 1. The Labute approximate surface area is 191 Å². The van der Waals surface area contributed by atoms with Crippen molar-refractivity contribution in [3.05, 3.63) is 30.1 Å². The van der Waals surface area contributed by atoms with Crippen molar-refractivity contribution in [1.29, 1.82) is 0 Å². The van der Waals surface area contributed by atoms with Gasteiger partial charge in [0.15, 0.2) is 5.82 Å². The van der Waals surface area contributed by atoms with E-state index in [-0.39, 0.29) is 17.1 Å². The van der Waals surface area contributed by atoms with Crippen molar-refractivity contribution in [3.8, 4) is 0 Å². The fourth-order valence-corrected chi connectivity index (χ4v) is 9.03. The van der Waals surface area contributed by atoms with Gasteiger partial charge < -0.3 is 9.67 Å². The largest absolute Gasteiger partial charge is 0.390 e. The molecule has 6 rings (SSSR count). The second kappa shape index (κ2) is 7.16. The van der Waals surface area contributed by atoms with Crippen LogP contribution in [0, 0.1) is 40.9 Å². The Hall–Kier alpha value is -1.68. The van der Waals surface area contributed by atoms with Crippen LogP contribution in [0.2, 0.25) is 0 Å². The van der Waals surface area contributed by atoms with Crippen molar-refractivity contribution in [1.82, 2.24) is 9.55 Å². The summed E-state index contributed by atoms with van der Waals surface area (Å²) in [5, 5.41) is 10.6. The molecule has 0 radical (unpaired) electrons. The first kappa shape index (κ1) is 20.9. The number of carbonyl (C=O) groups excluding carboxylic acids is 1. The summed E-state index contributed by atoms with van der Waals surface area (Å²) >= 11 is 0. The SMILES string of the molecule is Cn1c(C(=O)[C@H]2CC[C@H]3[C@@H]4CC[C@@H]5C[C@](C)(O)CC[C@@H]5C4CC[C@]23C)nc2ccccc21. The lowest BCUT2D eigenvalue weighted by Crippen LogP contribution is -2.51. The molecule has 1 heterocycles. The number of aryl methyl sites for hydroxylation is 1. The zero-order valence-electron chi connectivity index (χ0n) is 19.9. The molecule has 4 aliphatic rings. The maximum atomic E-state index is 13.8. The highest BCUT2D eigenvalue weighted by Crippen LogP contribution is 2.64. The maximum Gasteiger partial charge on any atom is 0.201 e. The molecule has 1 aromatic heterocycles. The number of carbonyl (C=O) groups is 1. The predicted octanol–water partition coefficient (Wildman–Crippen LogP) is 5.78. The third kappa shape index (κ3) is 2.97. The molecule has 1 aromatic carbocycles. The van der Waals surface area contributed by atoms with E-state index in [4.69, 9.17) is 4.98 Å². The number of Topliss-reactive ketones (excluding diaryl/α,β-unsaturated/α-hetero) is 1. The van der Waals surface area contributed by atoms with Crippen LogP contribution < -0.4 is 0 Å². The first-order valence-corrected chi connectivity index (χ1v) is 13.0.